The van der Waals surface area contributed by atoms with Crippen LogP contribution in [0.25, 0.3) is 0 Å². The largest absolute Gasteiger partial charge is 0.387 e. The maximum Gasteiger partial charge on any atom is 0.233 e. The second kappa shape index (κ2) is 7.03. The zero-order valence-corrected chi connectivity index (χ0v) is 17.1. The Morgan fingerprint density at radius 2 is 1.82 bits per heavy atom. The van der Waals surface area contributed by atoms with Crippen LogP contribution in [0.2, 0.25) is 0 Å². The van der Waals surface area contributed by atoms with Crippen molar-refractivity contribution in [1.29, 1.82) is 0 Å². The number of aliphatic hydroxyl groups excluding tert-OH is 1. The summed E-state index contributed by atoms with van der Waals surface area (Å²) in [5, 5.41) is 17.4. The second-order valence-electron chi connectivity index (χ2n) is 9.58. The predicted octanol–water partition coefficient (Wildman–Crippen LogP) is 4.35. The highest BCUT2D eigenvalue weighted by atomic mass is 16.3. The van der Waals surface area contributed by atoms with Gasteiger partial charge in [-0.1, -0.05) is 32.9 Å². The lowest BCUT2D eigenvalue weighted by atomic mass is 9.68. The number of H-pyrrole nitrogens is 1. The number of anilines is 1. The SMILES string of the molecule is CC(C)(C)c1ccc(N2CCC3(CCC([C@@H](O)c4ccn[nH]4)CC3)C2=O)cc1. The quantitative estimate of drug-likeness (QED) is 0.830. The number of aliphatic hydroxyl groups is 1. The Kier molecular flexibility index (Phi) is 4.82. The van der Waals surface area contributed by atoms with Gasteiger partial charge in [-0.25, -0.2) is 0 Å². The summed E-state index contributed by atoms with van der Waals surface area (Å²) in [5.41, 5.74) is 2.94. The summed E-state index contributed by atoms with van der Waals surface area (Å²) in [6, 6.07) is 10.3. The fourth-order valence-corrected chi connectivity index (χ4v) is 4.87. The number of hydrogen-bond donors (Lipinski definition) is 2. The molecule has 150 valence electrons. The van der Waals surface area contributed by atoms with Crippen LogP contribution in [-0.2, 0) is 10.2 Å². The van der Waals surface area contributed by atoms with Gasteiger partial charge < -0.3 is 10.0 Å². The van der Waals surface area contributed by atoms with Crippen LogP contribution >= 0.6 is 0 Å². The summed E-state index contributed by atoms with van der Waals surface area (Å²) < 4.78 is 0. The van der Waals surface area contributed by atoms with Gasteiger partial charge in [-0.05, 0) is 67.2 Å². The minimum absolute atomic E-state index is 0.114. The average Bonchev–Trinajstić information content (AvgIpc) is 3.31. The summed E-state index contributed by atoms with van der Waals surface area (Å²) in [6.45, 7) is 7.40. The molecule has 0 bridgehead atoms. The molecule has 2 aromatic rings. The van der Waals surface area contributed by atoms with Crippen molar-refractivity contribution in [1.82, 2.24) is 10.2 Å². The van der Waals surface area contributed by atoms with E-state index in [0.717, 1.165) is 50.0 Å². The van der Waals surface area contributed by atoms with E-state index in [-0.39, 0.29) is 22.7 Å². The maximum atomic E-state index is 13.3. The van der Waals surface area contributed by atoms with Crippen molar-refractivity contribution in [3.8, 4) is 0 Å². The van der Waals surface area contributed by atoms with Crippen LogP contribution in [-0.4, -0.2) is 27.8 Å². The van der Waals surface area contributed by atoms with Gasteiger partial charge in [-0.15, -0.1) is 0 Å². The zero-order chi connectivity index (χ0) is 19.9. The summed E-state index contributed by atoms with van der Waals surface area (Å²) in [5.74, 6) is 0.462. The highest BCUT2D eigenvalue weighted by Gasteiger charge is 2.49. The summed E-state index contributed by atoms with van der Waals surface area (Å²) in [4.78, 5) is 15.3. The number of nitrogens with one attached hydrogen (secondary N) is 1. The molecule has 5 nitrogen and oxygen atoms in total. The van der Waals surface area contributed by atoms with Crippen molar-refractivity contribution in [2.24, 2.45) is 11.3 Å². The average molecular weight is 382 g/mol. The Labute approximate surface area is 167 Å². The Morgan fingerprint density at radius 3 is 2.39 bits per heavy atom. The van der Waals surface area contributed by atoms with E-state index < -0.39 is 6.10 Å². The molecular weight excluding hydrogens is 350 g/mol. The van der Waals surface area contributed by atoms with E-state index in [2.05, 4.69) is 55.2 Å². The number of carbonyl (C=O) groups excluding carboxylic acids is 1. The van der Waals surface area contributed by atoms with Crippen LogP contribution in [0.1, 0.15) is 70.2 Å². The first-order chi connectivity index (χ1) is 13.3. The van der Waals surface area contributed by atoms with E-state index in [0.29, 0.717) is 0 Å². The van der Waals surface area contributed by atoms with E-state index in [1.165, 1.54) is 5.56 Å². The number of aromatic amines is 1. The molecule has 1 saturated carbocycles. The summed E-state index contributed by atoms with van der Waals surface area (Å²) in [7, 11) is 0. The minimum atomic E-state index is -0.516. The number of carbonyl (C=O) groups is 1. The third-order valence-corrected chi connectivity index (χ3v) is 6.83. The predicted molar refractivity (Wildman–Crippen MR) is 110 cm³/mol. The van der Waals surface area contributed by atoms with Crippen LogP contribution in [0.4, 0.5) is 5.69 Å². The Morgan fingerprint density at radius 1 is 1.14 bits per heavy atom. The van der Waals surface area contributed by atoms with Gasteiger partial charge in [0.1, 0.15) is 0 Å². The maximum absolute atomic E-state index is 13.3. The van der Waals surface area contributed by atoms with E-state index in [9.17, 15) is 9.90 Å². The van der Waals surface area contributed by atoms with Crippen LogP contribution < -0.4 is 4.90 Å². The highest BCUT2D eigenvalue weighted by Crippen LogP contribution is 2.49. The van der Waals surface area contributed by atoms with Gasteiger partial charge in [0.15, 0.2) is 0 Å². The Hall–Kier alpha value is -2.14. The molecule has 1 saturated heterocycles. The van der Waals surface area contributed by atoms with Gasteiger partial charge in [0.25, 0.3) is 0 Å². The van der Waals surface area contributed by atoms with Gasteiger partial charge >= 0.3 is 0 Å². The Balaban J connectivity index is 1.43. The number of amides is 1. The van der Waals surface area contributed by atoms with E-state index in [1.807, 2.05) is 11.0 Å². The van der Waals surface area contributed by atoms with Gasteiger partial charge in [0, 0.05) is 18.4 Å². The first-order valence-corrected chi connectivity index (χ1v) is 10.4. The molecule has 1 aromatic carbocycles. The van der Waals surface area contributed by atoms with Crippen LogP contribution in [0.3, 0.4) is 0 Å². The molecule has 1 aromatic heterocycles. The fourth-order valence-electron chi connectivity index (χ4n) is 4.87. The first-order valence-electron chi connectivity index (χ1n) is 10.4. The number of nitrogens with zero attached hydrogens (tertiary/aromatic N) is 2. The van der Waals surface area contributed by atoms with E-state index in [4.69, 9.17) is 0 Å². The normalized spacial score (nSPS) is 26.8. The lowest BCUT2D eigenvalue weighted by Crippen LogP contribution is -2.38. The van der Waals surface area contributed by atoms with E-state index in [1.54, 1.807) is 6.20 Å². The minimum Gasteiger partial charge on any atom is -0.387 e. The van der Waals surface area contributed by atoms with Crippen LogP contribution in [0.15, 0.2) is 36.5 Å². The second-order valence-corrected chi connectivity index (χ2v) is 9.58. The number of hydrogen-bond acceptors (Lipinski definition) is 3. The van der Waals surface area contributed by atoms with Gasteiger partial charge in [-0.3, -0.25) is 9.89 Å². The molecular formula is C23H31N3O2. The Bertz CT molecular complexity index is 813. The molecule has 2 N–H and O–H groups in total. The smallest absolute Gasteiger partial charge is 0.233 e. The van der Waals surface area contributed by atoms with Crippen molar-refractivity contribution < 1.29 is 9.90 Å². The molecule has 1 spiro atoms. The fraction of sp³-hybridized carbons (Fsp3) is 0.565. The van der Waals surface area contributed by atoms with Crippen molar-refractivity contribution in [3.63, 3.8) is 0 Å². The standard InChI is InChI=1S/C23H31N3O2/c1-22(2,3)17-4-6-18(7-5-17)26-15-13-23(21(26)28)11-8-16(9-12-23)20(27)19-10-14-24-25-19/h4-7,10,14,16,20,27H,8-9,11-13,15H2,1-3H3,(H,24,25)/t16?,20-,23?/m1/s1. The number of benzene rings is 1. The van der Waals surface area contributed by atoms with Crippen molar-refractivity contribution in [2.75, 3.05) is 11.4 Å². The molecule has 4 rings (SSSR count). The third-order valence-electron chi connectivity index (χ3n) is 6.83. The molecule has 1 aliphatic heterocycles. The molecule has 1 aliphatic carbocycles. The molecule has 1 amide bonds. The molecule has 28 heavy (non-hydrogen) atoms. The lowest BCUT2D eigenvalue weighted by Gasteiger charge is -2.37. The van der Waals surface area contributed by atoms with Crippen molar-refractivity contribution >= 4 is 11.6 Å². The molecule has 2 fully saturated rings. The van der Waals surface area contributed by atoms with Gasteiger partial charge in [0.05, 0.1) is 17.2 Å². The summed E-state index contributed by atoms with van der Waals surface area (Å²) >= 11 is 0. The third kappa shape index (κ3) is 3.37. The summed E-state index contributed by atoms with van der Waals surface area (Å²) in [6.07, 6.45) is 5.55. The van der Waals surface area contributed by atoms with Crippen LogP contribution in [0.5, 0.6) is 0 Å². The molecule has 5 heteroatoms. The monoisotopic (exact) mass is 381 g/mol. The van der Waals surface area contributed by atoms with Crippen molar-refractivity contribution in [3.05, 3.63) is 47.8 Å². The first kappa shape index (κ1) is 19.2. The molecule has 0 radical (unpaired) electrons. The topological polar surface area (TPSA) is 69.2 Å². The number of aromatic nitrogens is 2. The lowest BCUT2D eigenvalue weighted by molar-refractivity contribution is -0.128. The molecule has 0 unspecified atom stereocenters. The van der Waals surface area contributed by atoms with Crippen LogP contribution in [0, 0.1) is 11.3 Å². The molecule has 2 heterocycles. The molecule has 2 aliphatic rings. The van der Waals surface area contributed by atoms with E-state index >= 15 is 0 Å². The van der Waals surface area contributed by atoms with Gasteiger partial charge in [0.2, 0.25) is 5.91 Å². The number of rotatable bonds is 3. The highest BCUT2D eigenvalue weighted by molar-refractivity contribution is 6.00. The zero-order valence-electron chi connectivity index (χ0n) is 17.1. The van der Waals surface area contributed by atoms with Crippen molar-refractivity contribution in [2.45, 2.75) is 64.4 Å². The molecule has 1 atom stereocenters. The van der Waals surface area contributed by atoms with Gasteiger partial charge in [-0.2, -0.15) is 5.10 Å².